The van der Waals surface area contributed by atoms with E-state index in [2.05, 4.69) is 20.4 Å². The zero-order chi connectivity index (χ0) is 13.0. The van der Waals surface area contributed by atoms with Gasteiger partial charge in [0.2, 0.25) is 0 Å². The molecule has 18 heavy (non-hydrogen) atoms. The maximum Gasteiger partial charge on any atom is 0.335 e. The van der Waals surface area contributed by atoms with Crippen molar-refractivity contribution in [2.45, 2.75) is 0 Å². The first kappa shape index (κ1) is 12.7. The van der Waals surface area contributed by atoms with Crippen LogP contribution in [-0.4, -0.2) is 29.1 Å². The van der Waals surface area contributed by atoms with Crippen molar-refractivity contribution in [3.63, 3.8) is 0 Å². The molecule has 0 radical (unpaired) electrons. The van der Waals surface area contributed by atoms with Crippen molar-refractivity contribution in [2.75, 3.05) is 11.7 Å². The zero-order valence-electron chi connectivity index (χ0n) is 9.17. The smallest absolute Gasteiger partial charge is 0.335 e. The highest BCUT2D eigenvalue weighted by molar-refractivity contribution is 14.1. The first-order valence-corrected chi connectivity index (χ1v) is 6.08. The minimum absolute atomic E-state index is 0.244. The van der Waals surface area contributed by atoms with Crippen LogP contribution in [-0.2, 0) is 0 Å². The van der Waals surface area contributed by atoms with E-state index in [-0.39, 0.29) is 5.56 Å². The summed E-state index contributed by atoms with van der Waals surface area (Å²) < 4.78 is 2.77. The third-order valence-corrected chi connectivity index (χ3v) is 2.62. The molecule has 0 spiro atoms. The molecule has 0 amide bonds. The van der Waals surface area contributed by atoms with Gasteiger partial charge in [0.1, 0.15) is 12.9 Å². The number of halogens is 1. The minimum Gasteiger partial charge on any atom is -0.478 e. The Bertz CT molecular complexity index is 532. The van der Waals surface area contributed by atoms with Crippen molar-refractivity contribution in [2.24, 2.45) is 5.10 Å². The lowest BCUT2D eigenvalue weighted by Gasteiger charge is -2.24. The molecule has 0 bridgehead atoms. The molecule has 0 aromatic heterocycles. The molecule has 2 rings (SSSR count). The third kappa shape index (κ3) is 2.72. The highest BCUT2D eigenvalue weighted by Gasteiger charge is 2.18. The maximum absolute atomic E-state index is 10.8. The molecule has 6 nitrogen and oxygen atoms in total. The quantitative estimate of drug-likeness (QED) is 0.631. The van der Waals surface area contributed by atoms with Gasteiger partial charge in [0.15, 0.2) is 0 Å². The van der Waals surface area contributed by atoms with Gasteiger partial charge < -0.3 is 5.11 Å². The van der Waals surface area contributed by atoms with Gasteiger partial charge in [0, 0.05) is 22.6 Å². The number of nitrogens with one attached hydrogen (secondary N) is 1. The van der Waals surface area contributed by atoms with E-state index in [9.17, 15) is 4.79 Å². The molecule has 0 saturated carbocycles. The summed E-state index contributed by atoms with van der Waals surface area (Å²) in [5.74, 6) is 1.96. The highest BCUT2D eigenvalue weighted by atomic mass is 127. The van der Waals surface area contributed by atoms with Crippen LogP contribution in [0.5, 0.6) is 0 Å². The van der Waals surface area contributed by atoms with Crippen LogP contribution >= 0.6 is 22.6 Å². The molecule has 1 aromatic rings. The van der Waals surface area contributed by atoms with E-state index in [1.54, 1.807) is 28.7 Å². The molecule has 1 aliphatic rings. The van der Waals surface area contributed by atoms with Crippen LogP contribution in [0.3, 0.4) is 0 Å². The average Bonchev–Trinajstić information content (AvgIpc) is 2.84. The van der Waals surface area contributed by atoms with Crippen molar-refractivity contribution in [1.82, 2.24) is 10.5 Å². The third-order valence-electron chi connectivity index (χ3n) is 2.24. The first-order valence-electron chi connectivity index (χ1n) is 5.00. The molecule has 92 valence electrons. The number of carboxylic acids is 1. The summed E-state index contributed by atoms with van der Waals surface area (Å²) in [4.78, 5) is 10.8. The number of carbonyl (C=O) groups is 1. The molecule has 0 fully saturated rings. The lowest BCUT2D eigenvalue weighted by molar-refractivity contribution is 0.0697. The Hall–Kier alpha value is -1.79. The number of rotatable bonds is 3. The Kier molecular flexibility index (Phi) is 4.01. The van der Waals surface area contributed by atoms with Crippen LogP contribution in [0.1, 0.15) is 10.4 Å². The molecular weight excluding hydrogens is 347 g/mol. The Balaban J connectivity index is 2.16. The van der Waals surface area contributed by atoms with Gasteiger partial charge in [-0.15, -0.1) is 5.10 Å². The van der Waals surface area contributed by atoms with Gasteiger partial charge in [-0.05, 0) is 28.2 Å². The SMILES string of the molecule is O=C(O)c1ccc(N2N=CNN2CC#CI)cc1. The standard InChI is InChI=1S/C11H9IN4O2/c12-6-1-7-15-13-8-14-16(15)10-4-2-9(3-5-10)11(17)18/h2-5,8H,7H2,(H,13,14)(H,17,18). The van der Waals surface area contributed by atoms with E-state index >= 15 is 0 Å². The number of hydrazine groups is 2. The zero-order valence-corrected chi connectivity index (χ0v) is 11.3. The number of carboxylic acid groups (broad SMARTS) is 1. The van der Waals surface area contributed by atoms with Crippen LogP contribution < -0.4 is 10.5 Å². The van der Waals surface area contributed by atoms with E-state index in [0.717, 1.165) is 5.69 Å². The number of anilines is 1. The summed E-state index contributed by atoms with van der Waals surface area (Å²) in [7, 11) is 0. The van der Waals surface area contributed by atoms with Gasteiger partial charge in [0.05, 0.1) is 11.3 Å². The van der Waals surface area contributed by atoms with E-state index in [1.807, 2.05) is 22.6 Å². The number of nitrogens with zero attached hydrogens (tertiary/aromatic N) is 3. The molecule has 7 heteroatoms. The van der Waals surface area contributed by atoms with Crippen molar-refractivity contribution in [1.29, 1.82) is 0 Å². The molecule has 0 aliphatic carbocycles. The van der Waals surface area contributed by atoms with Crippen molar-refractivity contribution < 1.29 is 9.90 Å². The van der Waals surface area contributed by atoms with Crippen LogP contribution in [0, 0.1) is 9.85 Å². The molecule has 0 saturated heterocycles. The number of hydrogen-bond donors (Lipinski definition) is 2. The summed E-state index contributed by atoms with van der Waals surface area (Å²) in [6, 6.07) is 6.46. The number of benzene rings is 1. The summed E-state index contributed by atoms with van der Waals surface area (Å²) in [5.41, 5.74) is 3.93. The number of hydrazone groups is 1. The Morgan fingerprint density at radius 1 is 1.44 bits per heavy atom. The second-order valence-electron chi connectivity index (χ2n) is 3.34. The van der Waals surface area contributed by atoms with E-state index < -0.39 is 5.97 Å². The summed E-state index contributed by atoms with van der Waals surface area (Å²) >= 11 is 1.97. The van der Waals surface area contributed by atoms with Gasteiger partial charge in [-0.1, -0.05) is 11.0 Å². The van der Waals surface area contributed by atoms with Gasteiger partial charge in [-0.3, -0.25) is 5.43 Å². The van der Waals surface area contributed by atoms with E-state index in [4.69, 9.17) is 5.11 Å². The fraction of sp³-hybridized carbons (Fsp3) is 0.0909. The van der Waals surface area contributed by atoms with Crippen molar-refractivity contribution >= 4 is 40.6 Å². The maximum atomic E-state index is 10.8. The van der Waals surface area contributed by atoms with Gasteiger partial charge in [-0.2, -0.15) is 5.12 Å². The first-order chi connectivity index (χ1) is 8.72. The lowest BCUT2D eigenvalue weighted by atomic mass is 10.2. The van der Waals surface area contributed by atoms with E-state index in [1.165, 1.54) is 12.1 Å². The topological polar surface area (TPSA) is 68.2 Å². The number of hydrogen-bond acceptors (Lipinski definition) is 5. The Morgan fingerprint density at radius 2 is 2.17 bits per heavy atom. The van der Waals surface area contributed by atoms with Crippen LogP contribution in [0.25, 0.3) is 0 Å². The fourth-order valence-corrected chi connectivity index (χ4v) is 1.60. The monoisotopic (exact) mass is 356 g/mol. The normalized spacial score (nSPS) is 13.9. The molecular formula is C11H9IN4O2. The second-order valence-corrected chi connectivity index (χ2v) is 3.88. The summed E-state index contributed by atoms with van der Waals surface area (Å²) in [6.45, 7) is 0.476. The molecule has 1 heterocycles. The number of aromatic carboxylic acids is 1. The minimum atomic E-state index is -0.947. The van der Waals surface area contributed by atoms with Gasteiger partial charge in [-0.25, -0.2) is 4.79 Å². The highest BCUT2D eigenvalue weighted by Crippen LogP contribution is 2.18. The average molecular weight is 356 g/mol. The fourth-order valence-electron chi connectivity index (χ4n) is 1.42. The molecule has 1 aromatic carbocycles. The largest absolute Gasteiger partial charge is 0.478 e. The molecule has 1 aliphatic heterocycles. The lowest BCUT2D eigenvalue weighted by Crippen LogP contribution is -2.42. The predicted molar refractivity (Wildman–Crippen MR) is 76.0 cm³/mol. The van der Waals surface area contributed by atoms with E-state index in [0.29, 0.717) is 6.54 Å². The predicted octanol–water partition coefficient (Wildman–Crippen LogP) is 1.27. The van der Waals surface area contributed by atoms with Crippen LogP contribution in [0.15, 0.2) is 29.4 Å². The van der Waals surface area contributed by atoms with Crippen molar-refractivity contribution in [3.05, 3.63) is 29.8 Å². The Morgan fingerprint density at radius 3 is 2.78 bits per heavy atom. The Labute approximate surface area is 117 Å². The summed E-state index contributed by atoms with van der Waals surface area (Å²) in [6.07, 6.45) is 1.54. The van der Waals surface area contributed by atoms with Crippen LogP contribution in [0.4, 0.5) is 5.69 Å². The van der Waals surface area contributed by atoms with Crippen LogP contribution in [0.2, 0.25) is 0 Å². The van der Waals surface area contributed by atoms with Crippen molar-refractivity contribution in [3.8, 4) is 9.85 Å². The molecule has 2 N–H and O–H groups in total. The second kappa shape index (κ2) is 5.70. The summed E-state index contributed by atoms with van der Waals surface area (Å²) in [5, 5.41) is 16.3. The van der Waals surface area contributed by atoms with Gasteiger partial charge in [0.25, 0.3) is 0 Å². The van der Waals surface area contributed by atoms with Gasteiger partial charge >= 0.3 is 5.97 Å². The molecule has 0 atom stereocenters. The molecule has 0 unspecified atom stereocenters.